The highest BCUT2D eigenvalue weighted by Gasteiger charge is 2.27. The van der Waals surface area contributed by atoms with E-state index in [0.717, 1.165) is 43.4 Å². The number of benzene rings is 1. The minimum Gasteiger partial charge on any atom is -0.493 e. The average Bonchev–Trinajstić information content (AvgIpc) is 2.80. The molecule has 1 saturated carbocycles. The fourth-order valence-corrected chi connectivity index (χ4v) is 3.65. The topological polar surface area (TPSA) is 70.6 Å². The second kappa shape index (κ2) is 7.68. The first kappa shape index (κ1) is 16.1. The van der Waals surface area contributed by atoms with Crippen LogP contribution in [0.1, 0.15) is 50.1 Å². The van der Waals surface area contributed by atoms with E-state index in [9.17, 15) is 9.90 Å². The van der Waals surface area contributed by atoms with E-state index in [4.69, 9.17) is 4.74 Å². The highest BCUT2D eigenvalue weighted by atomic mass is 16.5. The molecular formula is C18H26N2O3. The molecular weight excluding hydrogens is 292 g/mol. The SMILES string of the molecule is O=C(NC1CCOc2ccccc21)NC1CCCCCC1CO. The quantitative estimate of drug-likeness (QED) is 0.751. The van der Waals surface area contributed by atoms with Crippen molar-refractivity contribution >= 4 is 6.03 Å². The number of fused-ring (bicyclic) bond motifs is 1. The zero-order chi connectivity index (χ0) is 16.1. The Morgan fingerprint density at radius 2 is 1.96 bits per heavy atom. The fraction of sp³-hybridized carbons (Fsp3) is 0.611. The molecule has 3 rings (SSSR count). The molecule has 0 spiro atoms. The first-order chi connectivity index (χ1) is 11.3. The number of nitrogens with one attached hydrogen (secondary N) is 2. The van der Waals surface area contributed by atoms with Crippen molar-refractivity contribution in [3.8, 4) is 5.75 Å². The number of hydrogen-bond acceptors (Lipinski definition) is 3. The summed E-state index contributed by atoms with van der Waals surface area (Å²) in [4.78, 5) is 12.4. The minimum absolute atomic E-state index is 0.0155. The summed E-state index contributed by atoms with van der Waals surface area (Å²) in [6.45, 7) is 0.760. The van der Waals surface area contributed by atoms with Gasteiger partial charge in [0.15, 0.2) is 0 Å². The van der Waals surface area contributed by atoms with Gasteiger partial charge in [0, 0.05) is 30.6 Å². The number of urea groups is 1. The third-order valence-electron chi connectivity index (χ3n) is 4.97. The van der Waals surface area contributed by atoms with Crippen LogP contribution in [-0.4, -0.2) is 30.4 Å². The lowest BCUT2D eigenvalue weighted by atomic mass is 9.96. The zero-order valence-electron chi connectivity index (χ0n) is 13.5. The summed E-state index contributed by atoms with van der Waals surface area (Å²) in [5.74, 6) is 1.02. The lowest BCUT2D eigenvalue weighted by Crippen LogP contribution is -2.47. The van der Waals surface area contributed by atoms with E-state index in [1.54, 1.807) is 0 Å². The lowest BCUT2D eigenvalue weighted by Gasteiger charge is -2.29. The van der Waals surface area contributed by atoms with Crippen molar-refractivity contribution in [3.05, 3.63) is 29.8 Å². The highest BCUT2D eigenvalue weighted by molar-refractivity contribution is 5.75. The largest absolute Gasteiger partial charge is 0.493 e. The second-order valence-corrected chi connectivity index (χ2v) is 6.53. The molecule has 3 N–H and O–H groups in total. The number of ether oxygens (including phenoxy) is 1. The molecule has 1 aromatic rings. The van der Waals surface area contributed by atoms with Crippen LogP contribution < -0.4 is 15.4 Å². The van der Waals surface area contributed by atoms with Crippen LogP contribution in [0, 0.1) is 5.92 Å². The van der Waals surface area contributed by atoms with Gasteiger partial charge in [0.05, 0.1) is 12.6 Å². The summed E-state index contributed by atoms with van der Waals surface area (Å²) in [5, 5.41) is 15.7. The Morgan fingerprint density at radius 1 is 1.13 bits per heavy atom. The smallest absolute Gasteiger partial charge is 0.315 e. The van der Waals surface area contributed by atoms with Gasteiger partial charge in [-0.15, -0.1) is 0 Å². The molecule has 0 saturated heterocycles. The predicted molar refractivity (Wildman–Crippen MR) is 88.4 cm³/mol. The Bertz CT molecular complexity index is 535. The minimum atomic E-state index is -0.142. The van der Waals surface area contributed by atoms with Gasteiger partial charge in [0.25, 0.3) is 0 Å². The Hall–Kier alpha value is -1.75. The summed E-state index contributed by atoms with van der Waals surface area (Å²) >= 11 is 0. The Labute approximate surface area is 137 Å². The van der Waals surface area contributed by atoms with Gasteiger partial charge in [-0.05, 0) is 18.9 Å². The maximum atomic E-state index is 12.4. The molecule has 0 aromatic heterocycles. The molecule has 126 valence electrons. The van der Waals surface area contributed by atoms with Crippen LogP contribution in [0.4, 0.5) is 4.79 Å². The molecule has 1 aliphatic carbocycles. The normalized spacial score (nSPS) is 27.3. The van der Waals surface area contributed by atoms with E-state index < -0.39 is 0 Å². The highest BCUT2D eigenvalue weighted by Crippen LogP contribution is 2.31. The van der Waals surface area contributed by atoms with Gasteiger partial charge < -0.3 is 20.5 Å². The van der Waals surface area contributed by atoms with Crippen molar-refractivity contribution in [1.29, 1.82) is 0 Å². The molecule has 0 bridgehead atoms. The number of para-hydroxylation sites is 1. The maximum Gasteiger partial charge on any atom is 0.315 e. The molecule has 3 unspecified atom stereocenters. The Kier molecular flexibility index (Phi) is 5.39. The first-order valence-electron chi connectivity index (χ1n) is 8.67. The molecule has 3 atom stereocenters. The molecule has 23 heavy (non-hydrogen) atoms. The number of aliphatic hydroxyl groups excluding tert-OH is 1. The third kappa shape index (κ3) is 3.96. The molecule has 2 aliphatic rings. The molecule has 1 aliphatic heterocycles. The van der Waals surface area contributed by atoms with Gasteiger partial charge in [-0.3, -0.25) is 0 Å². The molecule has 2 amide bonds. The standard InChI is InChI=1S/C18H26N2O3/c21-12-13-6-2-1-3-8-15(13)19-18(22)20-16-10-11-23-17-9-5-4-7-14(16)17/h4-5,7,9,13,15-16,21H,1-3,6,8,10-12H2,(H2,19,20,22). The van der Waals surface area contributed by atoms with E-state index >= 15 is 0 Å². The molecule has 5 heteroatoms. The number of hydrogen-bond donors (Lipinski definition) is 3. The van der Waals surface area contributed by atoms with Crippen molar-refractivity contribution in [1.82, 2.24) is 10.6 Å². The number of carbonyl (C=O) groups excluding carboxylic acids is 1. The van der Waals surface area contributed by atoms with E-state index in [1.165, 1.54) is 6.42 Å². The van der Waals surface area contributed by atoms with Gasteiger partial charge in [0.1, 0.15) is 5.75 Å². The van der Waals surface area contributed by atoms with Crippen molar-refractivity contribution in [2.45, 2.75) is 50.6 Å². The number of carbonyl (C=O) groups is 1. The van der Waals surface area contributed by atoms with Crippen LogP contribution >= 0.6 is 0 Å². The van der Waals surface area contributed by atoms with Gasteiger partial charge in [-0.2, -0.15) is 0 Å². The number of rotatable bonds is 3. The third-order valence-corrected chi connectivity index (χ3v) is 4.97. The molecule has 0 radical (unpaired) electrons. The maximum absolute atomic E-state index is 12.4. The van der Waals surface area contributed by atoms with Crippen molar-refractivity contribution in [2.24, 2.45) is 5.92 Å². The van der Waals surface area contributed by atoms with Gasteiger partial charge in [-0.25, -0.2) is 4.79 Å². The monoisotopic (exact) mass is 318 g/mol. The first-order valence-corrected chi connectivity index (χ1v) is 8.67. The summed E-state index contributed by atoms with van der Waals surface area (Å²) in [6.07, 6.45) is 6.15. The van der Waals surface area contributed by atoms with Crippen LogP contribution in [0.25, 0.3) is 0 Å². The molecule has 1 heterocycles. The van der Waals surface area contributed by atoms with Crippen molar-refractivity contribution in [2.75, 3.05) is 13.2 Å². The van der Waals surface area contributed by atoms with E-state index in [-0.39, 0.29) is 30.6 Å². The van der Waals surface area contributed by atoms with E-state index in [1.807, 2.05) is 24.3 Å². The summed E-state index contributed by atoms with van der Waals surface area (Å²) in [6, 6.07) is 7.76. The summed E-state index contributed by atoms with van der Waals surface area (Å²) < 4.78 is 5.63. The fourth-order valence-electron chi connectivity index (χ4n) is 3.65. The van der Waals surface area contributed by atoms with E-state index in [2.05, 4.69) is 10.6 Å². The Morgan fingerprint density at radius 3 is 2.83 bits per heavy atom. The zero-order valence-corrected chi connectivity index (χ0v) is 13.5. The van der Waals surface area contributed by atoms with E-state index in [0.29, 0.717) is 6.61 Å². The average molecular weight is 318 g/mol. The summed E-state index contributed by atoms with van der Waals surface area (Å²) in [5.41, 5.74) is 1.04. The van der Waals surface area contributed by atoms with Crippen LogP contribution in [0.2, 0.25) is 0 Å². The molecule has 5 nitrogen and oxygen atoms in total. The van der Waals surface area contributed by atoms with Crippen LogP contribution in [0.3, 0.4) is 0 Å². The predicted octanol–water partition coefficient (Wildman–Crippen LogP) is 2.75. The second-order valence-electron chi connectivity index (χ2n) is 6.53. The number of aliphatic hydroxyl groups is 1. The van der Waals surface area contributed by atoms with Crippen LogP contribution in [0.5, 0.6) is 5.75 Å². The van der Waals surface area contributed by atoms with Crippen molar-refractivity contribution < 1.29 is 14.6 Å². The lowest BCUT2D eigenvalue weighted by molar-refractivity contribution is 0.176. The van der Waals surface area contributed by atoms with Gasteiger partial charge >= 0.3 is 6.03 Å². The van der Waals surface area contributed by atoms with Crippen molar-refractivity contribution in [3.63, 3.8) is 0 Å². The Balaban J connectivity index is 1.61. The summed E-state index contributed by atoms with van der Waals surface area (Å²) in [7, 11) is 0. The van der Waals surface area contributed by atoms with Crippen LogP contribution in [-0.2, 0) is 0 Å². The molecule has 1 aromatic carbocycles. The van der Waals surface area contributed by atoms with Gasteiger partial charge in [-0.1, -0.05) is 37.5 Å². The van der Waals surface area contributed by atoms with Crippen LogP contribution in [0.15, 0.2) is 24.3 Å². The van der Waals surface area contributed by atoms with Gasteiger partial charge in [0.2, 0.25) is 0 Å². The number of amides is 2. The molecule has 1 fully saturated rings.